The topological polar surface area (TPSA) is 240 Å². The predicted molar refractivity (Wildman–Crippen MR) is 198 cm³/mol. The molecule has 0 aliphatic carbocycles. The van der Waals surface area contributed by atoms with Crippen LogP contribution in [0.1, 0.15) is 32.5 Å². The Hall–Kier alpha value is -6.92. The lowest BCUT2D eigenvalue weighted by Gasteiger charge is -2.27. The van der Waals surface area contributed by atoms with Gasteiger partial charge in [0.1, 0.15) is 36.9 Å². The van der Waals surface area contributed by atoms with Gasteiger partial charge in [0.25, 0.3) is 11.2 Å². The first-order valence-electron chi connectivity index (χ1n) is 17.1. The minimum absolute atomic E-state index is 0.0214. The molecule has 5 atom stereocenters. The van der Waals surface area contributed by atoms with Crippen LogP contribution in [0.5, 0.6) is 11.5 Å². The minimum atomic E-state index is -4.70. The third kappa shape index (κ3) is 10.3. The van der Waals surface area contributed by atoms with Crippen molar-refractivity contribution in [3.8, 4) is 11.5 Å². The molecule has 0 bridgehead atoms. The van der Waals surface area contributed by atoms with Crippen LogP contribution in [-0.2, 0) is 39.2 Å². The summed E-state index contributed by atoms with van der Waals surface area (Å²) in [6.07, 6.45) is -6.12. The van der Waals surface area contributed by atoms with E-state index in [1.54, 1.807) is 36.4 Å². The van der Waals surface area contributed by atoms with Gasteiger partial charge in [0.15, 0.2) is 12.3 Å². The van der Waals surface area contributed by atoms with Gasteiger partial charge in [0.2, 0.25) is 0 Å². The van der Waals surface area contributed by atoms with E-state index in [1.807, 2.05) is 0 Å². The first kappa shape index (κ1) is 40.7. The first-order chi connectivity index (χ1) is 27.9. The van der Waals surface area contributed by atoms with E-state index < -0.39 is 73.2 Å². The number of phosphoric ester groups is 1. The third-order valence-corrected chi connectivity index (χ3v) is 9.66. The summed E-state index contributed by atoms with van der Waals surface area (Å²) in [6.45, 7) is -0.843. The largest absolute Gasteiger partial charge is 0.530 e. The quantitative estimate of drug-likeness (QED) is 0.0349. The lowest BCUT2D eigenvalue weighted by atomic mass is 10.1. The number of nitro groups is 1. The molecular weight excluding hydrogens is 785 g/mol. The highest BCUT2D eigenvalue weighted by atomic mass is 31.2. The molecule has 4 aromatic carbocycles. The molecule has 1 fully saturated rings. The van der Waals surface area contributed by atoms with Crippen LogP contribution in [0.25, 0.3) is 0 Å². The SMILES string of the molecule is COP(=O)(Oc1ccc(COC(=O)Oc2ccc([N+](=O)[O-])cc2)cc1)OC1C(OC(=O)c2ccccc2)[C@H](n2ccc(=O)[nH]c2=O)O[C@@H]1COC(=O)c1ccccc1. The van der Waals surface area contributed by atoms with E-state index in [4.69, 9.17) is 37.3 Å². The van der Waals surface area contributed by atoms with E-state index >= 15 is 0 Å². The summed E-state index contributed by atoms with van der Waals surface area (Å²) >= 11 is 0. The van der Waals surface area contributed by atoms with Crippen LogP contribution in [0.15, 0.2) is 131 Å². The Labute approximate surface area is 327 Å². The zero-order chi connectivity index (χ0) is 41.2. The fourth-order valence-corrected chi connectivity index (χ4v) is 6.60. The first-order valence-corrected chi connectivity index (χ1v) is 18.5. The lowest BCUT2D eigenvalue weighted by Crippen LogP contribution is -2.42. The molecule has 1 aliphatic heterocycles. The van der Waals surface area contributed by atoms with Gasteiger partial charge >= 0.3 is 31.6 Å². The summed E-state index contributed by atoms with van der Waals surface area (Å²) in [5.74, 6) is -1.69. The number of nitrogens with one attached hydrogen (secondary N) is 1. The average Bonchev–Trinajstić information content (AvgIpc) is 3.55. The number of ether oxygens (including phenoxy) is 5. The summed E-state index contributed by atoms with van der Waals surface area (Å²) in [6, 6.07) is 27.2. The van der Waals surface area contributed by atoms with E-state index in [-0.39, 0.29) is 34.9 Å². The van der Waals surface area contributed by atoms with Gasteiger partial charge < -0.3 is 28.2 Å². The van der Waals surface area contributed by atoms with Gasteiger partial charge in [0, 0.05) is 31.5 Å². The number of hydrogen-bond acceptors (Lipinski definition) is 16. The van der Waals surface area contributed by atoms with Gasteiger partial charge in [0.05, 0.1) is 16.1 Å². The molecule has 1 saturated heterocycles. The summed E-state index contributed by atoms with van der Waals surface area (Å²) in [5.41, 5.74) is -1.13. The Morgan fingerprint density at radius 2 is 1.43 bits per heavy atom. The van der Waals surface area contributed by atoms with Crippen molar-refractivity contribution in [1.82, 2.24) is 9.55 Å². The van der Waals surface area contributed by atoms with Crippen LogP contribution in [0, 0.1) is 10.1 Å². The van der Waals surface area contributed by atoms with Crippen LogP contribution in [0.3, 0.4) is 0 Å². The smallest absolute Gasteiger partial charge is 0.459 e. The number of carbonyl (C=O) groups excluding carboxylic acids is 3. The molecule has 3 unspecified atom stereocenters. The van der Waals surface area contributed by atoms with Crippen molar-refractivity contribution >= 4 is 31.6 Å². The fraction of sp³-hybridized carbons (Fsp3) is 0.184. The van der Waals surface area contributed by atoms with Gasteiger partial charge in [-0.2, -0.15) is 0 Å². The number of rotatable bonds is 15. The zero-order valence-electron chi connectivity index (χ0n) is 30.1. The molecule has 0 amide bonds. The number of benzene rings is 4. The highest BCUT2D eigenvalue weighted by molar-refractivity contribution is 7.48. The maximum Gasteiger partial charge on any atom is 0.530 e. The number of non-ortho nitro benzene ring substituents is 1. The number of esters is 2. The number of hydrogen-bond donors (Lipinski definition) is 1. The molecular formula is C38H32N3O16P. The van der Waals surface area contributed by atoms with Gasteiger partial charge in [-0.25, -0.2) is 23.7 Å². The van der Waals surface area contributed by atoms with Crippen LogP contribution >= 0.6 is 7.82 Å². The minimum Gasteiger partial charge on any atom is -0.459 e. The van der Waals surface area contributed by atoms with Crippen molar-refractivity contribution in [2.24, 2.45) is 0 Å². The van der Waals surface area contributed by atoms with Gasteiger partial charge in [-0.1, -0.05) is 48.5 Å². The molecule has 1 aliphatic rings. The molecule has 2 heterocycles. The second-order valence-electron chi connectivity index (χ2n) is 12.1. The Bertz CT molecular complexity index is 2410. The maximum absolute atomic E-state index is 14.2. The number of carbonyl (C=O) groups is 3. The number of H-pyrrole nitrogens is 1. The molecule has 6 rings (SSSR count). The Balaban J connectivity index is 1.22. The summed E-state index contributed by atoms with van der Waals surface area (Å²) in [4.78, 5) is 75.8. The summed E-state index contributed by atoms with van der Waals surface area (Å²) in [5, 5.41) is 10.8. The number of aromatic amines is 1. The molecule has 1 aromatic heterocycles. The van der Waals surface area contributed by atoms with Crippen molar-refractivity contribution in [2.45, 2.75) is 31.1 Å². The lowest BCUT2D eigenvalue weighted by molar-refractivity contribution is -0.384. The normalized spacial score (nSPS) is 18.3. The van der Waals surface area contributed by atoms with Crippen LogP contribution in [0.2, 0.25) is 0 Å². The van der Waals surface area contributed by atoms with E-state index in [0.717, 1.165) is 36.1 Å². The van der Waals surface area contributed by atoms with Gasteiger partial charge in [-0.3, -0.25) is 33.5 Å². The van der Waals surface area contributed by atoms with E-state index in [0.29, 0.717) is 5.56 Å². The molecule has 0 saturated carbocycles. The van der Waals surface area contributed by atoms with E-state index in [2.05, 4.69) is 4.98 Å². The molecule has 5 aromatic rings. The van der Waals surface area contributed by atoms with Crippen LogP contribution in [0.4, 0.5) is 10.5 Å². The Kier molecular flexibility index (Phi) is 12.9. The Morgan fingerprint density at radius 3 is 2.03 bits per heavy atom. The van der Waals surface area contributed by atoms with Crippen molar-refractivity contribution in [3.05, 3.63) is 169 Å². The number of aromatic nitrogens is 2. The van der Waals surface area contributed by atoms with Crippen molar-refractivity contribution in [2.75, 3.05) is 13.7 Å². The molecule has 0 spiro atoms. The monoisotopic (exact) mass is 817 g/mol. The van der Waals surface area contributed by atoms with Gasteiger partial charge in [-0.05, 0) is 54.1 Å². The van der Waals surface area contributed by atoms with Gasteiger partial charge in [-0.15, -0.1) is 0 Å². The second-order valence-corrected chi connectivity index (χ2v) is 13.8. The van der Waals surface area contributed by atoms with E-state index in [1.165, 1.54) is 60.7 Å². The highest BCUT2D eigenvalue weighted by Gasteiger charge is 2.53. The summed E-state index contributed by atoms with van der Waals surface area (Å²) in [7, 11) is -3.68. The van der Waals surface area contributed by atoms with E-state index in [9.17, 15) is 38.7 Å². The van der Waals surface area contributed by atoms with Crippen LogP contribution < -0.4 is 20.5 Å². The van der Waals surface area contributed by atoms with Crippen LogP contribution in [-0.4, -0.2) is 64.6 Å². The average molecular weight is 818 g/mol. The number of nitro benzene ring substituents is 1. The predicted octanol–water partition coefficient (Wildman–Crippen LogP) is 5.36. The molecule has 1 N–H and O–H groups in total. The second kappa shape index (κ2) is 18.4. The molecule has 20 heteroatoms. The standard InChI is InChI=1S/C38H32N3O16P/c1-50-58(49,56-29-16-12-24(13-17-29)22-52-38(46)53-28-18-14-27(15-19-28)41(47)48)57-32-30(23-51-35(43)25-8-4-2-5-9-25)54-34(40-21-20-31(42)39-37(40)45)33(32)55-36(44)26-10-6-3-7-11-26/h2-21,30,32-34H,22-23H2,1H3,(H,39,42,45)/t30-,32?,33?,34-,58?/m1/s1. The maximum atomic E-state index is 14.2. The molecule has 58 heavy (non-hydrogen) atoms. The third-order valence-electron chi connectivity index (χ3n) is 8.27. The number of nitrogens with zero attached hydrogens (tertiary/aromatic N) is 2. The zero-order valence-corrected chi connectivity index (χ0v) is 31.0. The molecule has 19 nitrogen and oxygen atoms in total. The Morgan fingerprint density at radius 1 is 0.810 bits per heavy atom. The highest BCUT2D eigenvalue weighted by Crippen LogP contribution is 2.53. The van der Waals surface area contributed by atoms with Crippen molar-refractivity contribution in [1.29, 1.82) is 0 Å². The fourth-order valence-electron chi connectivity index (χ4n) is 5.46. The van der Waals surface area contributed by atoms with Crippen molar-refractivity contribution < 1.29 is 61.1 Å². The van der Waals surface area contributed by atoms with Crippen molar-refractivity contribution in [3.63, 3.8) is 0 Å². The molecule has 300 valence electrons. The molecule has 0 radical (unpaired) electrons. The summed E-state index contributed by atoms with van der Waals surface area (Å²) < 4.78 is 59.6. The number of phosphoric acid groups is 1.